The number of anilines is 2. The van der Waals surface area contributed by atoms with Gasteiger partial charge in [-0.2, -0.15) is 13.2 Å². The number of alkyl halides is 3. The zero-order valence-corrected chi connectivity index (χ0v) is 20.4. The molecule has 13 heteroatoms. The molecule has 9 nitrogen and oxygen atoms in total. The van der Waals surface area contributed by atoms with E-state index in [-0.39, 0.29) is 31.5 Å². The van der Waals surface area contributed by atoms with Gasteiger partial charge in [-0.3, -0.25) is 9.59 Å². The van der Waals surface area contributed by atoms with Crippen molar-refractivity contribution in [1.82, 2.24) is 25.2 Å². The first-order valence-corrected chi connectivity index (χ1v) is 11.7. The highest BCUT2D eigenvalue weighted by molar-refractivity contribution is 6.30. The molecule has 2 atom stereocenters. The number of fused-ring (bicyclic) bond motifs is 1. The number of pyridine rings is 1. The van der Waals surface area contributed by atoms with E-state index in [0.29, 0.717) is 29.0 Å². The average molecular weight is 524 g/mol. The van der Waals surface area contributed by atoms with Crippen LogP contribution < -0.4 is 15.5 Å². The average Bonchev–Trinajstić information content (AvgIpc) is 3.24. The van der Waals surface area contributed by atoms with Crippen molar-refractivity contribution in [2.24, 2.45) is 0 Å². The van der Waals surface area contributed by atoms with Gasteiger partial charge in [-0.25, -0.2) is 15.0 Å². The van der Waals surface area contributed by atoms with Crippen molar-refractivity contribution in [3.63, 3.8) is 0 Å². The highest BCUT2D eigenvalue weighted by atomic mass is 35.5. The first-order valence-electron chi connectivity index (χ1n) is 11.3. The van der Waals surface area contributed by atoms with Crippen LogP contribution in [-0.4, -0.2) is 76.6 Å². The molecule has 36 heavy (non-hydrogen) atoms. The largest absolute Gasteiger partial charge is 0.405 e. The third-order valence-corrected chi connectivity index (χ3v) is 6.07. The molecule has 4 heterocycles. The van der Waals surface area contributed by atoms with Gasteiger partial charge in [0.25, 0.3) is 0 Å². The Hall–Kier alpha value is -3.41. The van der Waals surface area contributed by atoms with Gasteiger partial charge < -0.3 is 20.4 Å². The molecule has 0 aromatic carbocycles. The van der Waals surface area contributed by atoms with Crippen LogP contribution in [0.1, 0.15) is 31.2 Å². The molecule has 2 aliphatic heterocycles. The number of rotatable bonds is 5. The monoisotopic (exact) mass is 523 g/mol. The van der Waals surface area contributed by atoms with Gasteiger partial charge in [0, 0.05) is 43.7 Å². The predicted molar refractivity (Wildman–Crippen MR) is 128 cm³/mol. The Morgan fingerprint density at radius 2 is 2.06 bits per heavy atom. The maximum atomic E-state index is 12.9. The lowest BCUT2D eigenvalue weighted by atomic mass is 10.0. The number of hydrogen-bond donors (Lipinski definition) is 2. The van der Waals surface area contributed by atoms with Gasteiger partial charge >= 0.3 is 6.18 Å². The standard InChI is InChI=1S/C23H25ClF3N7O2/c1-13(2)7-19(35)33-5-6-34(17(11-33)22(36)31-12-23(25,26)27)18-3-4-28-21(32-18)16-10-30-20-15(16)8-14(24)9-29-20/h3-4,7-9,16-17H,5-6,10-12H2,1-2H3,(H,29,30)(H,31,36)/t16?,17-/m1/s1. The van der Waals surface area contributed by atoms with Crippen LogP contribution in [0.2, 0.25) is 5.02 Å². The Morgan fingerprint density at radius 3 is 2.78 bits per heavy atom. The quantitative estimate of drug-likeness (QED) is 0.581. The molecule has 4 rings (SSSR count). The second-order valence-electron chi connectivity index (χ2n) is 8.85. The minimum absolute atomic E-state index is 0.0843. The van der Waals surface area contributed by atoms with E-state index < -0.39 is 24.7 Å². The molecule has 2 N–H and O–H groups in total. The van der Waals surface area contributed by atoms with Crippen LogP contribution in [0.3, 0.4) is 0 Å². The lowest BCUT2D eigenvalue weighted by Gasteiger charge is -2.41. The van der Waals surface area contributed by atoms with Crippen LogP contribution in [0.4, 0.5) is 24.8 Å². The Balaban J connectivity index is 1.61. The van der Waals surface area contributed by atoms with Crippen molar-refractivity contribution >= 4 is 35.1 Å². The molecule has 0 bridgehead atoms. The molecule has 2 aliphatic rings. The second kappa shape index (κ2) is 10.3. The van der Waals surface area contributed by atoms with Gasteiger partial charge in [0.05, 0.1) is 17.5 Å². The zero-order valence-electron chi connectivity index (χ0n) is 19.6. The number of piperazine rings is 1. The van der Waals surface area contributed by atoms with Crippen molar-refractivity contribution < 1.29 is 22.8 Å². The van der Waals surface area contributed by atoms with E-state index in [0.717, 1.165) is 11.1 Å². The summed E-state index contributed by atoms with van der Waals surface area (Å²) in [6, 6.07) is 2.31. The fourth-order valence-electron chi connectivity index (χ4n) is 4.22. The lowest BCUT2D eigenvalue weighted by Crippen LogP contribution is -2.61. The molecular weight excluding hydrogens is 499 g/mol. The van der Waals surface area contributed by atoms with Gasteiger partial charge in [-0.1, -0.05) is 17.2 Å². The SMILES string of the molecule is CC(C)=CC(=O)N1CCN(c2ccnc(C3CNc4ncc(Cl)cc43)n2)[C@@H](C(=O)NCC(F)(F)F)C1. The lowest BCUT2D eigenvalue weighted by molar-refractivity contribution is -0.140. The summed E-state index contributed by atoms with van der Waals surface area (Å²) in [6.45, 7) is 2.96. The second-order valence-corrected chi connectivity index (χ2v) is 9.28. The summed E-state index contributed by atoms with van der Waals surface area (Å²) in [4.78, 5) is 41.8. The molecule has 0 spiro atoms. The minimum Gasteiger partial charge on any atom is -0.369 e. The summed E-state index contributed by atoms with van der Waals surface area (Å²) in [7, 11) is 0. The van der Waals surface area contributed by atoms with Crippen LogP contribution in [0.15, 0.2) is 36.2 Å². The van der Waals surface area contributed by atoms with Crippen molar-refractivity contribution in [1.29, 1.82) is 0 Å². The predicted octanol–water partition coefficient (Wildman–Crippen LogP) is 2.74. The van der Waals surface area contributed by atoms with E-state index >= 15 is 0 Å². The van der Waals surface area contributed by atoms with Gasteiger partial charge in [0.1, 0.15) is 30.0 Å². The first kappa shape index (κ1) is 25.7. The van der Waals surface area contributed by atoms with E-state index in [1.54, 1.807) is 37.1 Å². The maximum Gasteiger partial charge on any atom is 0.405 e. The number of halogens is 4. The molecule has 192 valence electrons. The summed E-state index contributed by atoms with van der Waals surface area (Å²) in [5, 5.41) is 5.60. The van der Waals surface area contributed by atoms with Gasteiger partial charge in [0.2, 0.25) is 11.8 Å². The fraction of sp³-hybridized carbons (Fsp3) is 0.435. The molecule has 0 aliphatic carbocycles. The molecule has 0 radical (unpaired) electrons. The number of carbonyl (C=O) groups is 2. The Kier molecular flexibility index (Phi) is 7.34. The summed E-state index contributed by atoms with van der Waals surface area (Å²) in [5.74, 6) is 0.124. The number of allylic oxidation sites excluding steroid dienone is 1. The zero-order chi connectivity index (χ0) is 26.0. The summed E-state index contributed by atoms with van der Waals surface area (Å²) in [5.41, 5.74) is 1.61. The smallest absolute Gasteiger partial charge is 0.369 e. The normalized spacial score (nSPS) is 19.4. The first-order chi connectivity index (χ1) is 17.0. The Labute approximate surface area is 210 Å². The molecular formula is C23H25ClF3N7O2. The van der Waals surface area contributed by atoms with Crippen molar-refractivity contribution in [3.05, 3.63) is 52.6 Å². The molecule has 1 fully saturated rings. The highest BCUT2D eigenvalue weighted by Gasteiger charge is 2.37. The third-order valence-electron chi connectivity index (χ3n) is 5.87. The van der Waals surface area contributed by atoms with Crippen LogP contribution in [0.25, 0.3) is 0 Å². The summed E-state index contributed by atoms with van der Waals surface area (Å²) < 4.78 is 38.4. The molecule has 0 saturated carbocycles. The number of nitrogens with zero attached hydrogens (tertiary/aromatic N) is 5. The molecule has 1 unspecified atom stereocenters. The third kappa shape index (κ3) is 5.86. The van der Waals surface area contributed by atoms with Crippen LogP contribution in [0, 0.1) is 0 Å². The van der Waals surface area contributed by atoms with E-state index in [2.05, 4.69) is 20.3 Å². The maximum absolute atomic E-state index is 12.9. The van der Waals surface area contributed by atoms with Crippen molar-refractivity contribution in [3.8, 4) is 0 Å². The van der Waals surface area contributed by atoms with Crippen molar-refractivity contribution in [2.75, 3.05) is 42.9 Å². The number of amides is 2. The molecule has 2 amide bonds. The van der Waals surface area contributed by atoms with E-state index in [4.69, 9.17) is 11.6 Å². The minimum atomic E-state index is -4.56. The summed E-state index contributed by atoms with van der Waals surface area (Å²) >= 11 is 6.12. The molecule has 2 aromatic heterocycles. The van der Waals surface area contributed by atoms with Crippen molar-refractivity contribution in [2.45, 2.75) is 32.0 Å². The van der Waals surface area contributed by atoms with E-state index in [9.17, 15) is 22.8 Å². The fourth-order valence-corrected chi connectivity index (χ4v) is 4.39. The van der Waals surface area contributed by atoms with Gasteiger partial charge in [-0.15, -0.1) is 0 Å². The van der Waals surface area contributed by atoms with Gasteiger partial charge in [0.15, 0.2) is 0 Å². The molecule has 2 aromatic rings. The van der Waals surface area contributed by atoms with E-state index in [1.807, 2.05) is 5.32 Å². The Morgan fingerprint density at radius 1 is 1.28 bits per heavy atom. The number of aromatic nitrogens is 3. The topological polar surface area (TPSA) is 103 Å². The number of nitrogens with one attached hydrogen (secondary N) is 2. The number of hydrogen-bond acceptors (Lipinski definition) is 7. The summed E-state index contributed by atoms with van der Waals surface area (Å²) in [6.07, 6.45) is -0.0496. The number of carbonyl (C=O) groups excluding carboxylic acids is 2. The van der Waals surface area contributed by atoms with Gasteiger partial charge in [-0.05, 0) is 26.0 Å². The van der Waals surface area contributed by atoms with Crippen LogP contribution >= 0.6 is 11.6 Å². The van der Waals surface area contributed by atoms with Crippen LogP contribution in [0.5, 0.6) is 0 Å². The Bertz CT molecular complexity index is 1190. The highest BCUT2D eigenvalue weighted by Crippen LogP contribution is 2.35. The molecule has 1 saturated heterocycles. The van der Waals surface area contributed by atoms with Crippen LogP contribution in [-0.2, 0) is 9.59 Å². The van der Waals surface area contributed by atoms with E-state index in [1.165, 1.54) is 17.2 Å².